The van der Waals surface area contributed by atoms with Crippen molar-refractivity contribution in [1.29, 1.82) is 0 Å². The van der Waals surface area contributed by atoms with Crippen LogP contribution in [0.5, 0.6) is 0 Å². The maximum absolute atomic E-state index is 14.8. The zero-order chi connectivity index (χ0) is 42.5. The van der Waals surface area contributed by atoms with Crippen LogP contribution in [-0.4, -0.2) is 97.7 Å². The fourth-order valence-electron chi connectivity index (χ4n) is 9.35. The fourth-order valence-corrected chi connectivity index (χ4v) is 10.5. The third kappa shape index (κ3) is 8.01. The first-order valence-corrected chi connectivity index (χ1v) is 22.3. The molecule has 1 unspecified atom stereocenters. The van der Waals surface area contributed by atoms with Crippen molar-refractivity contribution in [3.05, 3.63) is 71.6 Å². The van der Waals surface area contributed by atoms with Gasteiger partial charge in [-0.25, -0.2) is 10.4 Å². The van der Waals surface area contributed by atoms with Crippen molar-refractivity contribution in [2.45, 2.75) is 104 Å². The Morgan fingerprint density at radius 2 is 2.00 bits per heavy atom. The normalized spacial score (nSPS) is 27.3. The van der Waals surface area contributed by atoms with Gasteiger partial charge in [0.1, 0.15) is 23.2 Å². The Morgan fingerprint density at radius 1 is 1.18 bits per heavy atom. The molecule has 4 aliphatic rings. The van der Waals surface area contributed by atoms with Crippen molar-refractivity contribution in [2.75, 3.05) is 32.6 Å². The number of rotatable bonds is 9. The van der Waals surface area contributed by atoms with Crippen molar-refractivity contribution < 1.29 is 28.6 Å². The van der Waals surface area contributed by atoms with E-state index in [0.29, 0.717) is 43.2 Å². The summed E-state index contributed by atoms with van der Waals surface area (Å²) in [5.74, 6) is -0.745. The summed E-state index contributed by atoms with van der Waals surface area (Å²) in [6.45, 7) is 13.9. The molecule has 3 aliphatic heterocycles. The first kappa shape index (κ1) is 42.1. The van der Waals surface area contributed by atoms with Gasteiger partial charge in [-0.1, -0.05) is 26.8 Å². The van der Waals surface area contributed by atoms with Crippen LogP contribution in [0.15, 0.2) is 54.0 Å². The van der Waals surface area contributed by atoms with Crippen molar-refractivity contribution >= 4 is 45.5 Å². The number of hydrogen-bond acceptors (Lipinski definition) is 11. The standard InChI is InChI=1S/C45H58N8O6S/c1-9-52-34-16-15-27-19-29(34)30(39(52)28-13-11-17-46-37(28)26(4)57-8)20-45(5,6)23-59-44(56)31-14-12-18-53(50-31)43(55)38(40(58-10-2)42-48-33(27)22-60-42)49-41(54)36-25(3)35(36)32-21-51(7)24-47-32/h11,13,15-17,19,21,24-26,31,33,35-36,38,40,50H,9-10,12,14,18,20,22-23H2,1-8H3,(H,49,54)/t25-,26+,31+,33?,35-,36+,38+,40+/m1/s1. The summed E-state index contributed by atoms with van der Waals surface area (Å²) in [7, 11) is 3.61. The minimum absolute atomic E-state index is 0.0508. The lowest BCUT2D eigenvalue weighted by Gasteiger charge is -2.37. The minimum Gasteiger partial charge on any atom is -0.464 e. The van der Waals surface area contributed by atoms with Gasteiger partial charge in [-0.2, -0.15) is 0 Å². The number of imidazole rings is 1. The molecule has 8 atom stereocenters. The van der Waals surface area contributed by atoms with Crippen molar-refractivity contribution in [3.8, 4) is 11.3 Å². The molecule has 15 heteroatoms. The van der Waals surface area contributed by atoms with E-state index in [0.717, 1.165) is 51.2 Å². The van der Waals surface area contributed by atoms with E-state index in [2.05, 4.69) is 65.3 Å². The SMILES string of the molecule is CCO[C@@H]1C2=NC(CS2)c2ccc3c(c2)c(c(-c2cccnc2[C@H](C)OC)n3CC)CC(C)(C)COC(=O)[C@@H]2CCCN(N2)C(=O)[C@H]1NC(=O)[C@H]1[C@H](C)[C@@H]1c1cn(C)cn1. The number of fused-ring (bicyclic) bond motifs is 5. The van der Waals surface area contributed by atoms with Gasteiger partial charge in [-0.05, 0) is 81.3 Å². The molecule has 2 N–H and O–H groups in total. The highest BCUT2D eigenvalue weighted by Gasteiger charge is 2.55. The largest absolute Gasteiger partial charge is 0.464 e. The van der Waals surface area contributed by atoms with Crippen LogP contribution in [0.1, 0.15) is 95.0 Å². The molecule has 60 heavy (non-hydrogen) atoms. The van der Waals surface area contributed by atoms with Crippen LogP contribution in [0.3, 0.4) is 0 Å². The number of nitrogens with zero attached hydrogens (tertiary/aromatic N) is 6. The predicted octanol–water partition coefficient (Wildman–Crippen LogP) is 5.91. The summed E-state index contributed by atoms with van der Waals surface area (Å²) in [6, 6.07) is 8.62. The van der Waals surface area contributed by atoms with Gasteiger partial charge >= 0.3 is 5.97 Å². The van der Waals surface area contributed by atoms with Crippen LogP contribution in [0.2, 0.25) is 0 Å². The lowest BCUT2D eigenvalue weighted by molar-refractivity contribution is -0.156. The molecule has 4 aromatic rings. The topological polar surface area (TPSA) is 154 Å². The number of aryl methyl sites for hydroxylation is 2. The van der Waals surface area contributed by atoms with Crippen molar-refractivity contribution in [3.63, 3.8) is 0 Å². The van der Waals surface area contributed by atoms with Crippen LogP contribution in [0, 0.1) is 17.3 Å². The van der Waals surface area contributed by atoms with E-state index in [1.54, 1.807) is 25.2 Å². The zero-order valence-electron chi connectivity index (χ0n) is 35.9. The molecular formula is C45H58N8O6S. The molecule has 14 nitrogen and oxygen atoms in total. The molecule has 1 saturated carbocycles. The molecule has 0 radical (unpaired) electrons. The number of esters is 1. The van der Waals surface area contributed by atoms with Gasteiger partial charge in [0.2, 0.25) is 5.91 Å². The Kier molecular flexibility index (Phi) is 12.0. The molecule has 1 aliphatic carbocycles. The first-order chi connectivity index (χ1) is 28.8. The van der Waals surface area contributed by atoms with Gasteiger partial charge in [-0.15, -0.1) is 11.8 Å². The summed E-state index contributed by atoms with van der Waals surface area (Å²) in [6.07, 6.45) is 6.10. The molecule has 8 rings (SSSR count). The zero-order valence-corrected chi connectivity index (χ0v) is 36.8. The van der Waals surface area contributed by atoms with Crippen molar-refractivity contribution in [1.82, 2.24) is 34.9 Å². The number of aromatic nitrogens is 4. The second kappa shape index (κ2) is 17.1. The second-order valence-corrected chi connectivity index (χ2v) is 18.5. The number of amides is 2. The van der Waals surface area contributed by atoms with Gasteiger partial charge in [0, 0.05) is 85.7 Å². The molecule has 6 heterocycles. The van der Waals surface area contributed by atoms with Crippen LogP contribution < -0.4 is 10.7 Å². The monoisotopic (exact) mass is 838 g/mol. The number of aliphatic imine (C=N–C) groups is 1. The highest BCUT2D eigenvalue weighted by Crippen LogP contribution is 2.53. The molecule has 0 spiro atoms. The molecule has 2 amide bonds. The highest BCUT2D eigenvalue weighted by atomic mass is 32.2. The minimum atomic E-state index is -1.10. The lowest BCUT2D eigenvalue weighted by atomic mass is 9.84. The van der Waals surface area contributed by atoms with E-state index in [1.165, 1.54) is 5.01 Å². The average molecular weight is 839 g/mol. The van der Waals surface area contributed by atoms with Gasteiger partial charge in [0.25, 0.3) is 5.91 Å². The Morgan fingerprint density at radius 3 is 2.73 bits per heavy atom. The van der Waals surface area contributed by atoms with Gasteiger partial charge in [-0.3, -0.25) is 29.4 Å². The number of carbonyl (C=O) groups excluding carboxylic acids is 3. The third-order valence-corrected chi connectivity index (χ3v) is 13.7. The van der Waals surface area contributed by atoms with Crippen LogP contribution in [-0.2, 0) is 48.6 Å². The molecule has 3 aromatic heterocycles. The van der Waals surface area contributed by atoms with E-state index in [1.807, 2.05) is 50.8 Å². The van der Waals surface area contributed by atoms with Crippen LogP contribution in [0.25, 0.3) is 22.2 Å². The molecule has 320 valence electrons. The summed E-state index contributed by atoms with van der Waals surface area (Å²) in [4.78, 5) is 57.5. The number of hydrazine groups is 1. The fraction of sp³-hybridized carbons (Fsp3) is 0.556. The first-order valence-electron chi connectivity index (χ1n) is 21.3. The molecule has 2 fully saturated rings. The summed E-state index contributed by atoms with van der Waals surface area (Å²) in [5, 5.41) is 6.37. The molecule has 6 bridgehead atoms. The molecular weight excluding hydrogens is 781 g/mol. The summed E-state index contributed by atoms with van der Waals surface area (Å²) in [5.41, 5.74) is 9.78. The number of ether oxygens (including phenoxy) is 3. The third-order valence-electron chi connectivity index (χ3n) is 12.6. The van der Waals surface area contributed by atoms with E-state index < -0.39 is 29.6 Å². The van der Waals surface area contributed by atoms with E-state index in [-0.39, 0.29) is 48.3 Å². The van der Waals surface area contributed by atoms with Gasteiger partial charge < -0.3 is 28.7 Å². The number of pyridine rings is 1. The Bertz CT molecular complexity index is 2300. The van der Waals surface area contributed by atoms with E-state index in [4.69, 9.17) is 24.2 Å². The Labute approximate surface area is 356 Å². The van der Waals surface area contributed by atoms with Crippen LogP contribution >= 0.6 is 11.8 Å². The average Bonchev–Trinajstić information content (AvgIpc) is 3.59. The van der Waals surface area contributed by atoms with Crippen LogP contribution in [0.4, 0.5) is 0 Å². The number of nitrogens with one attached hydrogen (secondary N) is 2. The molecule has 1 aromatic carbocycles. The number of carbonyl (C=O) groups is 3. The number of methoxy groups -OCH3 is 1. The van der Waals surface area contributed by atoms with Gasteiger partial charge in [0.05, 0.1) is 42.2 Å². The quantitative estimate of drug-likeness (QED) is 0.195. The Balaban J connectivity index is 1.23. The maximum atomic E-state index is 14.8. The number of thioether (sulfide) groups is 1. The second-order valence-electron chi connectivity index (χ2n) is 17.5. The lowest BCUT2D eigenvalue weighted by Crippen LogP contribution is -2.63. The number of hydrogen-bond donors (Lipinski definition) is 2. The maximum Gasteiger partial charge on any atom is 0.324 e. The van der Waals surface area contributed by atoms with E-state index in [9.17, 15) is 14.4 Å². The van der Waals surface area contributed by atoms with Gasteiger partial charge in [0.15, 0.2) is 0 Å². The summed E-state index contributed by atoms with van der Waals surface area (Å²) < 4.78 is 22.6. The molecule has 1 saturated heterocycles. The van der Waals surface area contributed by atoms with Crippen molar-refractivity contribution in [2.24, 2.45) is 29.3 Å². The van der Waals surface area contributed by atoms with E-state index >= 15 is 0 Å². The summed E-state index contributed by atoms with van der Waals surface area (Å²) >= 11 is 1.56. The predicted molar refractivity (Wildman–Crippen MR) is 231 cm³/mol. The number of benzene rings is 1. The highest BCUT2D eigenvalue weighted by molar-refractivity contribution is 8.14. The smallest absolute Gasteiger partial charge is 0.324 e. The Hall–Kier alpha value is -4.57. The number of cyclic esters (lactones) is 1.